The Hall–Kier alpha value is -1.00. The third-order valence-corrected chi connectivity index (χ3v) is 2.46. The number of nitrogens with zero attached hydrogens (tertiary/aromatic N) is 1. The number of carboxylic acid groups (broad SMARTS) is 1. The lowest BCUT2D eigenvalue weighted by molar-refractivity contribution is 0.0676. The summed E-state index contributed by atoms with van der Waals surface area (Å²) >= 11 is 5.79. The minimum absolute atomic E-state index is 0.00796. The number of aromatic carboxylic acids is 1. The van der Waals surface area contributed by atoms with E-state index in [0.29, 0.717) is 11.6 Å². The zero-order valence-electron chi connectivity index (χ0n) is 8.74. The second-order valence-electron chi connectivity index (χ2n) is 3.27. The number of carboxylic acids is 1. The number of ether oxygens (including phenoxy) is 1. The van der Waals surface area contributed by atoms with E-state index in [1.54, 1.807) is 17.9 Å². The lowest BCUT2D eigenvalue weighted by atomic mass is 10.2. The summed E-state index contributed by atoms with van der Waals surface area (Å²) in [5.74, 6) is -0.976. The Bertz CT molecular complexity index is 348. The third kappa shape index (κ3) is 2.73. The Morgan fingerprint density at radius 2 is 2.40 bits per heavy atom. The fourth-order valence-corrected chi connectivity index (χ4v) is 1.71. The van der Waals surface area contributed by atoms with Crippen LogP contribution in [0.3, 0.4) is 0 Å². The normalized spacial score (nSPS) is 12.7. The minimum atomic E-state index is -0.976. The van der Waals surface area contributed by atoms with Crippen molar-refractivity contribution in [2.75, 3.05) is 13.7 Å². The molecule has 0 amide bonds. The highest BCUT2D eigenvalue weighted by Crippen LogP contribution is 2.21. The molecule has 84 valence electrons. The van der Waals surface area contributed by atoms with Crippen LogP contribution in [-0.4, -0.2) is 29.4 Å². The number of rotatable bonds is 5. The molecule has 1 aromatic rings. The summed E-state index contributed by atoms with van der Waals surface area (Å²) in [5.41, 5.74) is 0.198. The average Bonchev–Trinajstić information content (AvgIpc) is 2.56. The molecule has 1 unspecified atom stereocenters. The van der Waals surface area contributed by atoms with E-state index in [-0.39, 0.29) is 11.7 Å². The summed E-state index contributed by atoms with van der Waals surface area (Å²) in [5, 5.41) is 9.40. The smallest absolute Gasteiger partial charge is 0.352 e. The number of methoxy groups -OCH3 is 1. The maximum atomic E-state index is 10.9. The molecule has 4 nitrogen and oxygen atoms in total. The molecule has 0 saturated carbocycles. The van der Waals surface area contributed by atoms with Gasteiger partial charge in [0.15, 0.2) is 0 Å². The molecule has 0 bridgehead atoms. The van der Waals surface area contributed by atoms with Gasteiger partial charge in [-0.25, -0.2) is 4.79 Å². The van der Waals surface area contributed by atoms with E-state index in [1.165, 1.54) is 6.07 Å². The van der Waals surface area contributed by atoms with Gasteiger partial charge >= 0.3 is 5.97 Å². The van der Waals surface area contributed by atoms with Gasteiger partial charge in [0.1, 0.15) is 5.69 Å². The van der Waals surface area contributed by atoms with Gasteiger partial charge in [-0.05, 0) is 12.5 Å². The van der Waals surface area contributed by atoms with Crippen LogP contribution >= 0.6 is 11.6 Å². The molecule has 0 aliphatic carbocycles. The summed E-state index contributed by atoms with van der Waals surface area (Å²) in [7, 11) is 1.59. The van der Waals surface area contributed by atoms with Crippen molar-refractivity contribution in [2.24, 2.45) is 0 Å². The van der Waals surface area contributed by atoms with Gasteiger partial charge in [-0.15, -0.1) is 0 Å². The fraction of sp³-hybridized carbons (Fsp3) is 0.500. The monoisotopic (exact) mass is 231 g/mol. The van der Waals surface area contributed by atoms with Gasteiger partial charge in [0.2, 0.25) is 0 Å². The van der Waals surface area contributed by atoms with Crippen LogP contribution in [0.4, 0.5) is 0 Å². The summed E-state index contributed by atoms with van der Waals surface area (Å²) in [6.07, 6.45) is 2.41. The van der Waals surface area contributed by atoms with E-state index < -0.39 is 5.97 Å². The molecule has 1 aromatic heterocycles. The topological polar surface area (TPSA) is 51.5 Å². The third-order valence-electron chi connectivity index (χ3n) is 2.26. The lowest BCUT2D eigenvalue weighted by Gasteiger charge is -2.17. The molecule has 1 atom stereocenters. The van der Waals surface area contributed by atoms with E-state index in [4.69, 9.17) is 21.4 Å². The Labute approximate surface area is 93.4 Å². The van der Waals surface area contributed by atoms with Crippen LogP contribution in [0.15, 0.2) is 12.3 Å². The van der Waals surface area contributed by atoms with Crippen LogP contribution in [-0.2, 0) is 4.74 Å². The van der Waals surface area contributed by atoms with E-state index in [2.05, 4.69) is 0 Å². The highest BCUT2D eigenvalue weighted by molar-refractivity contribution is 6.30. The molecule has 0 saturated heterocycles. The van der Waals surface area contributed by atoms with Crippen molar-refractivity contribution < 1.29 is 14.6 Å². The van der Waals surface area contributed by atoms with Gasteiger partial charge in [0.25, 0.3) is 0 Å². The molecule has 0 radical (unpaired) electrons. The predicted molar refractivity (Wildman–Crippen MR) is 57.6 cm³/mol. The summed E-state index contributed by atoms with van der Waals surface area (Å²) < 4.78 is 6.68. The average molecular weight is 232 g/mol. The van der Waals surface area contributed by atoms with Crippen molar-refractivity contribution in [1.29, 1.82) is 0 Å². The Morgan fingerprint density at radius 3 is 2.87 bits per heavy atom. The quantitative estimate of drug-likeness (QED) is 0.847. The molecule has 0 spiro atoms. The molecule has 1 N–H and O–H groups in total. The number of halogens is 1. The maximum absolute atomic E-state index is 10.9. The molecule has 5 heteroatoms. The van der Waals surface area contributed by atoms with Gasteiger partial charge in [-0.1, -0.05) is 18.5 Å². The van der Waals surface area contributed by atoms with Crippen molar-refractivity contribution in [3.8, 4) is 0 Å². The van der Waals surface area contributed by atoms with Crippen molar-refractivity contribution in [1.82, 2.24) is 4.57 Å². The van der Waals surface area contributed by atoms with Crippen LogP contribution < -0.4 is 0 Å². The summed E-state index contributed by atoms with van der Waals surface area (Å²) in [6, 6.07) is 1.45. The molecule has 0 aliphatic heterocycles. The first kappa shape index (κ1) is 12.1. The van der Waals surface area contributed by atoms with Crippen LogP contribution in [0.5, 0.6) is 0 Å². The van der Waals surface area contributed by atoms with E-state index in [0.717, 1.165) is 6.42 Å². The molecule has 0 fully saturated rings. The second kappa shape index (κ2) is 5.19. The molecule has 0 aromatic carbocycles. The van der Waals surface area contributed by atoms with Crippen molar-refractivity contribution in [3.05, 3.63) is 23.0 Å². The zero-order chi connectivity index (χ0) is 11.4. The predicted octanol–water partition coefficient (Wildman–Crippen LogP) is 2.44. The highest BCUT2D eigenvalue weighted by Gasteiger charge is 2.17. The van der Waals surface area contributed by atoms with Crippen LogP contribution in [0.2, 0.25) is 5.02 Å². The van der Waals surface area contributed by atoms with Gasteiger partial charge in [0, 0.05) is 13.3 Å². The Balaban J connectivity index is 3.04. The molecule has 1 heterocycles. The van der Waals surface area contributed by atoms with Crippen LogP contribution in [0.1, 0.15) is 29.9 Å². The number of aromatic nitrogens is 1. The highest BCUT2D eigenvalue weighted by atomic mass is 35.5. The number of hydrogen-bond acceptors (Lipinski definition) is 2. The fourth-order valence-electron chi connectivity index (χ4n) is 1.51. The summed E-state index contributed by atoms with van der Waals surface area (Å²) in [4.78, 5) is 10.9. The molecule has 15 heavy (non-hydrogen) atoms. The first-order valence-corrected chi connectivity index (χ1v) is 5.07. The van der Waals surface area contributed by atoms with Crippen LogP contribution in [0, 0.1) is 0 Å². The number of carbonyl (C=O) groups is 1. The molecule has 0 aliphatic rings. The molecular weight excluding hydrogens is 218 g/mol. The van der Waals surface area contributed by atoms with Crippen molar-refractivity contribution in [3.63, 3.8) is 0 Å². The second-order valence-corrected chi connectivity index (χ2v) is 3.71. The van der Waals surface area contributed by atoms with Gasteiger partial charge in [-0.2, -0.15) is 0 Å². The van der Waals surface area contributed by atoms with Gasteiger partial charge < -0.3 is 14.4 Å². The van der Waals surface area contributed by atoms with Crippen molar-refractivity contribution in [2.45, 2.75) is 19.4 Å². The first-order chi connectivity index (χ1) is 7.10. The van der Waals surface area contributed by atoms with Crippen LogP contribution in [0.25, 0.3) is 0 Å². The summed E-state index contributed by atoms with van der Waals surface area (Å²) in [6.45, 7) is 2.45. The number of hydrogen-bond donors (Lipinski definition) is 1. The zero-order valence-corrected chi connectivity index (χ0v) is 9.49. The maximum Gasteiger partial charge on any atom is 0.352 e. The van der Waals surface area contributed by atoms with E-state index >= 15 is 0 Å². The van der Waals surface area contributed by atoms with E-state index in [9.17, 15) is 4.79 Å². The van der Waals surface area contributed by atoms with Crippen molar-refractivity contribution >= 4 is 17.6 Å². The Kier molecular flexibility index (Phi) is 4.17. The SMILES string of the molecule is CCC(COC)n1cc(Cl)cc1C(=O)O. The minimum Gasteiger partial charge on any atom is -0.477 e. The first-order valence-electron chi connectivity index (χ1n) is 4.69. The largest absolute Gasteiger partial charge is 0.477 e. The molecular formula is C10H14ClNO3. The van der Waals surface area contributed by atoms with E-state index in [1.807, 2.05) is 6.92 Å². The van der Waals surface area contributed by atoms with Gasteiger partial charge in [0.05, 0.1) is 17.7 Å². The van der Waals surface area contributed by atoms with Gasteiger partial charge in [-0.3, -0.25) is 0 Å². The molecule has 1 rings (SSSR count). The standard InChI is InChI=1S/C10H14ClNO3/c1-3-8(6-15-2)12-5-7(11)4-9(12)10(13)14/h4-5,8H,3,6H2,1-2H3,(H,13,14). The Morgan fingerprint density at radius 1 is 1.73 bits per heavy atom. The lowest BCUT2D eigenvalue weighted by Crippen LogP contribution is -2.17.